The number of halogens is 1. The first kappa shape index (κ1) is 14.8. The Morgan fingerprint density at radius 3 is 2.83 bits per heavy atom. The lowest BCUT2D eigenvalue weighted by atomic mass is 9.97. The van der Waals surface area contributed by atoms with E-state index in [1.165, 1.54) is 41.0 Å². The fourth-order valence-electron chi connectivity index (χ4n) is 3.01. The Bertz CT molecular complexity index is 1020. The first-order valence-electron chi connectivity index (χ1n) is 7.28. The molecule has 0 fully saturated rings. The average molecular weight is 344 g/mol. The highest BCUT2D eigenvalue weighted by molar-refractivity contribution is 7.92. The number of nitrogens with zero attached hydrogens (tertiary/aromatic N) is 3. The van der Waals surface area contributed by atoms with Crippen LogP contribution in [0.1, 0.15) is 18.5 Å². The van der Waals surface area contributed by atoms with Crippen LogP contribution in [-0.4, -0.2) is 23.6 Å². The summed E-state index contributed by atoms with van der Waals surface area (Å²) in [6.07, 6.45) is 4.38. The van der Waals surface area contributed by atoms with E-state index in [1.54, 1.807) is 19.2 Å². The molecule has 4 rings (SSSR count). The van der Waals surface area contributed by atoms with Crippen molar-refractivity contribution >= 4 is 15.7 Å². The van der Waals surface area contributed by atoms with Gasteiger partial charge in [0.1, 0.15) is 10.7 Å². The summed E-state index contributed by atoms with van der Waals surface area (Å²) in [5, 5.41) is 6.82. The zero-order valence-corrected chi connectivity index (χ0v) is 13.5. The number of hydrogen-bond acceptors (Lipinski definition) is 4. The summed E-state index contributed by atoms with van der Waals surface area (Å²) in [5.41, 5.74) is 2.20. The van der Waals surface area contributed by atoms with Crippen molar-refractivity contribution in [3.05, 3.63) is 60.3 Å². The van der Waals surface area contributed by atoms with E-state index >= 15 is 0 Å². The van der Waals surface area contributed by atoms with E-state index in [0.29, 0.717) is 22.5 Å². The topological polar surface area (TPSA) is 79.0 Å². The fraction of sp³-hybridized carbons (Fsp3) is 0.125. The number of aromatic nitrogens is 3. The molecule has 1 atom stereocenters. The largest absolute Gasteiger partial charge is 0.277 e. The Kier molecular flexibility index (Phi) is 3.17. The molecule has 8 heteroatoms. The normalized spacial score (nSPS) is 16.6. The molecule has 3 heterocycles. The van der Waals surface area contributed by atoms with Gasteiger partial charge < -0.3 is 0 Å². The van der Waals surface area contributed by atoms with Crippen molar-refractivity contribution in [2.45, 2.75) is 17.9 Å². The van der Waals surface area contributed by atoms with Gasteiger partial charge in [-0.1, -0.05) is 0 Å². The van der Waals surface area contributed by atoms with Crippen LogP contribution in [0.15, 0.2) is 53.8 Å². The first-order valence-corrected chi connectivity index (χ1v) is 8.72. The molecule has 1 aliphatic heterocycles. The molecule has 122 valence electrons. The molecule has 2 aromatic heterocycles. The van der Waals surface area contributed by atoms with Crippen molar-refractivity contribution in [1.29, 1.82) is 0 Å². The number of hydrogen-bond donors (Lipinski definition) is 1. The van der Waals surface area contributed by atoms with Crippen LogP contribution in [-0.2, 0) is 10.0 Å². The van der Waals surface area contributed by atoms with Crippen LogP contribution in [0.4, 0.5) is 10.1 Å². The molecule has 0 saturated heterocycles. The Morgan fingerprint density at radius 1 is 1.25 bits per heavy atom. The Hall–Kier alpha value is -2.74. The molecule has 24 heavy (non-hydrogen) atoms. The van der Waals surface area contributed by atoms with E-state index in [9.17, 15) is 12.8 Å². The van der Waals surface area contributed by atoms with Gasteiger partial charge in [0.2, 0.25) is 0 Å². The number of anilines is 1. The van der Waals surface area contributed by atoms with Crippen molar-refractivity contribution in [3.8, 4) is 11.3 Å². The highest BCUT2D eigenvalue weighted by Crippen LogP contribution is 2.46. The van der Waals surface area contributed by atoms with Gasteiger partial charge in [-0.05, 0) is 37.3 Å². The van der Waals surface area contributed by atoms with Gasteiger partial charge in [0.25, 0.3) is 10.0 Å². The van der Waals surface area contributed by atoms with Crippen LogP contribution in [0.3, 0.4) is 0 Å². The summed E-state index contributed by atoms with van der Waals surface area (Å²) in [4.78, 5) is 3.97. The van der Waals surface area contributed by atoms with Gasteiger partial charge in [-0.3, -0.25) is 14.4 Å². The van der Waals surface area contributed by atoms with Gasteiger partial charge in [-0.25, -0.2) is 12.8 Å². The molecular formula is C16H13FN4O2S. The molecule has 1 N–H and O–H groups in total. The van der Waals surface area contributed by atoms with Gasteiger partial charge in [0.05, 0.1) is 23.6 Å². The van der Waals surface area contributed by atoms with E-state index in [4.69, 9.17) is 0 Å². The highest BCUT2D eigenvalue weighted by atomic mass is 32.2. The smallest absolute Gasteiger partial charge is 0.266 e. The molecule has 0 radical (unpaired) electrons. The Morgan fingerprint density at radius 2 is 2.08 bits per heavy atom. The van der Waals surface area contributed by atoms with Crippen LogP contribution in [0.5, 0.6) is 0 Å². The maximum Gasteiger partial charge on any atom is 0.266 e. The molecule has 1 aliphatic rings. The second kappa shape index (κ2) is 5.13. The summed E-state index contributed by atoms with van der Waals surface area (Å²) in [6, 6.07) is 6.60. The minimum atomic E-state index is -3.85. The van der Waals surface area contributed by atoms with Crippen molar-refractivity contribution in [2.75, 3.05) is 4.31 Å². The van der Waals surface area contributed by atoms with Crippen molar-refractivity contribution in [1.82, 2.24) is 15.2 Å². The van der Waals surface area contributed by atoms with Crippen LogP contribution in [0, 0.1) is 5.82 Å². The third-order valence-corrected chi connectivity index (χ3v) is 6.00. The van der Waals surface area contributed by atoms with Crippen molar-refractivity contribution < 1.29 is 12.8 Å². The van der Waals surface area contributed by atoms with Crippen LogP contribution >= 0.6 is 0 Å². The quantitative estimate of drug-likeness (QED) is 0.775. The van der Waals surface area contributed by atoms with Crippen molar-refractivity contribution in [2.24, 2.45) is 0 Å². The van der Waals surface area contributed by atoms with Crippen LogP contribution in [0.2, 0.25) is 0 Å². The third kappa shape index (κ3) is 2.03. The molecule has 0 amide bonds. The standard InChI is InChI=1S/C16H13FN4O2S/c1-10-14-9-19-20-16(14)13-7-11(17)4-5-15(13)21(10)24(22,23)12-3-2-6-18-8-12/h2-10H,1H3,(H,19,20). The SMILES string of the molecule is CC1c2cn[nH]c2-c2cc(F)ccc2N1S(=O)(=O)c1cccnc1. The predicted molar refractivity (Wildman–Crippen MR) is 86.3 cm³/mol. The monoisotopic (exact) mass is 344 g/mol. The molecular weight excluding hydrogens is 331 g/mol. The second-order valence-electron chi connectivity index (χ2n) is 5.53. The number of pyridine rings is 1. The van der Waals surface area contributed by atoms with Crippen LogP contribution < -0.4 is 4.31 Å². The Labute approximate surface area is 138 Å². The average Bonchev–Trinajstić information content (AvgIpc) is 3.07. The molecule has 6 nitrogen and oxygen atoms in total. The summed E-state index contributed by atoms with van der Waals surface area (Å²) < 4.78 is 41.3. The number of nitrogens with one attached hydrogen (secondary N) is 1. The van der Waals surface area contributed by atoms with E-state index in [-0.39, 0.29) is 4.90 Å². The molecule has 0 spiro atoms. The zero-order valence-electron chi connectivity index (χ0n) is 12.6. The number of fused-ring (bicyclic) bond motifs is 3. The van der Waals surface area contributed by atoms with Gasteiger partial charge in [0.15, 0.2) is 0 Å². The zero-order chi connectivity index (χ0) is 16.9. The number of aromatic amines is 1. The Balaban J connectivity index is 1.98. The maximum absolute atomic E-state index is 13.7. The summed E-state index contributed by atoms with van der Waals surface area (Å²) >= 11 is 0. The number of benzene rings is 1. The van der Waals surface area contributed by atoms with E-state index < -0.39 is 21.9 Å². The minimum Gasteiger partial charge on any atom is -0.277 e. The molecule has 3 aromatic rings. The lowest BCUT2D eigenvalue weighted by Gasteiger charge is -2.35. The predicted octanol–water partition coefficient (Wildman–Crippen LogP) is 2.88. The van der Waals surface area contributed by atoms with E-state index in [0.717, 1.165) is 0 Å². The molecule has 0 aliphatic carbocycles. The van der Waals surface area contributed by atoms with Crippen molar-refractivity contribution in [3.63, 3.8) is 0 Å². The van der Waals surface area contributed by atoms with Gasteiger partial charge >= 0.3 is 0 Å². The van der Waals surface area contributed by atoms with Gasteiger partial charge in [-0.15, -0.1) is 0 Å². The fourth-order valence-corrected chi connectivity index (χ4v) is 4.63. The highest BCUT2D eigenvalue weighted by Gasteiger charge is 2.38. The lowest BCUT2D eigenvalue weighted by Crippen LogP contribution is -2.36. The minimum absolute atomic E-state index is 0.0825. The van der Waals surface area contributed by atoms with Crippen LogP contribution in [0.25, 0.3) is 11.3 Å². The molecule has 1 aromatic carbocycles. The van der Waals surface area contributed by atoms with Gasteiger partial charge in [-0.2, -0.15) is 5.10 Å². The number of rotatable bonds is 2. The summed E-state index contributed by atoms with van der Waals surface area (Å²) in [5.74, 6) is -0.442. The number of sulfonamides is 1. The molecule has 1 unspecified atom stereocenters. The maximum atomic E-state index is 13.7. The third-order valence-electron chi connectivity index (χ3n) is 4.13. The first-order chi connectivity index (χ1) is 11.5. The summed E-state index contributed by atoms with van der Waals surface area (Å²) in [6.45, 7) is 1.77. The van der Waals surface area contributed by atoms with E-state index in [2.05, 4.69) is 15.2 Å². The number of H-pyrrole nitrogens is 1. The lowest BCUT2D eigenvalue weighted by molar-refractivity contribution is 0.581. The summed E-state index contributed by atoms with van der Waals surface area (Å²) in [7, 11) is -3.85. The second-order valence-corrected chi connectivity index (χ2v) is 7.34. The molecule has 0 saturated carbocycles. The molecule has 0 bridgehead atoms. The van der Waals surface area contributed by atoms with Gasteiger partial charge in [0, 0.05) is 23.5 Å². The van der Waals surface area contributed by atoms with E-state index in [1.807, 2.05) is 0 Å².